The molecule has 2 N–H and O–H groups in total. The Bertz CT molecular complexity index is 787. The van der Waals surface area contributed by atoms with E-state index in [1.807, 2.05) is 48.5 Å². The molecule has 2 aromatic carbocycles. The van der Waals surface area contributed by atoms with Crippen LogP contribution in [0.4, 0.5) is 0 Å². The summed E-state index contributed by atoms with van der Waals surface area (Å²) in [4.78, 5) is 23.2. The fourth-order valence-electron chi connectivity index (χ4n) is 1.83. The molecule has 0 aliphatic carbocycles. The molecule has 7 nitrogen and oxygen atoms in total. The van der Waals surface area contributed by atoms with Crippen LogP contribution in [0.2, 0.25) is 0 Å². The molecule has 0 saturated heterocycles. The Morgan fingerprint density at radius 3 is 1.70 bits per heavy atom. The molecule has 2 rings (SSSR count). The number of benzene rings is 2. The number of amides is 2. The lowest BCUT2D eigenvalue weighted by atomic mass is 10.2. The van der Waals surface area contributed by atoms with E-state index in [9.17, 15) is 9.59 Å². The van der Waals surface area contributed by atoms with Gasteiger partial charge in [0.05, 0.1) is 12.4 Å². The summed E-state index contributed by atoms with van der Waals surface area (Å²) in [6, 6.07) is 15.3. The number of hydrazone groups is 2. The van der Waals surface area contributed by atoms with Gasteiger partial charge >= 0.3 is 0 Å². The molecular weight excluding hydrogens is 574 g/mol. The molecule has 9 heteroatoms. The largest absolute Gasteiger partial charge is 0.362 e. The summed E-state index contributed by atoms with van der Waals surface area (Å²) >= 11 is 4.38. The number of ether oxygens (including phenoxy) is 1. The summed E-state index contributed by atoms with van der Waals surface area (Å²) < 4.78 is 7.17. The first kappa shape index (κ1) is 21.4. The molecule has 0 radical (unpaired) electrons. The van der Waals surface area contributed by atoms with Gasteiger partial charge in [-0.25, -0.2) is 10.9 Å². The lowest BCUT2D eigenvalue weighted by molar-refractivity contribution is -0.130. The number of carbonyl (C=O) groups is 2. The van der Waals surface area contributed by atoms with Crippen LogP contribution in [0, 0.1) is 7.14 Å². The highest BCUT2D eigenvalue weighted by atomic mass is 127. The summed E-state index contributed by atoms with van der Waals surface area (Å²) in [6.07, 6.45) is 3.07. The summed E-state index contributed by atoms with van der Waals surface area (Å²) in [7, 11) is 0. The Morgan fingerprint density at radius 1 is 0.852 bits per heavy atom. The van der Waals surface area contributed by atoms with E-state index in [2.05, 4.69) is 66.2 Å². The highest BCUT2D eigenvalue weighted by Gasteiger charge is 2.03. The zero-order valence-electron chi connectivity index (χ0n) is 14.1. The lowest BCUT2D eigenvalue weighted by Gasteiger charge is -2.02. The maximum atomic E-state index is 11.6. The molecule has 27 heavy (non-hydrogen) atoms. The minimum Gasteiger partial charge on any atom is -0.362 e. The zero-order chi connectivity index (χ0) is 19.5. The van der Waals surface area contributed by atoms with Crippen LogP contribution in [0.1, 0.15) is 11.1 Å². The van der Waals surface area contributed by atoms with Gasteiger partial charge in [-0.05, 0) is 80.6 Å². The summed E-state index contributed by atoms with van der Waals surface area (Å²) in [6.45, 7) is -0.560. The van der Waals surface area contributed by atoms with Crippen molar-refractivity contribution in [3.8, 4) is 0 Å². The maximum Gasteiger partial charge on any atom is 0.266 e. The number of carbonyl (C=O) groups excluding carboxylic acids is 2. The highest BCUT2D eigenvalue weighted by Crippen LogP contribution is 2.06. The van der Waals surface area contributed by atoms with Gasteiger partial charge in [0.2, 0.25) is 0 Å². The Labute approximate surface area is 183 Å². The van der Waals surface area contributed by atoms with Crippen LogP contribution in [0.25, 0.3) is 0 Å². The van der Waals surface area contributed by atoms with Crippen LogP contribution in [-0.4, -0.2) is 37.5 Å². The van der Waals surface area contributed by atoms with E-state index >= 15 is 0 Å². The van der Waals surface area contributed by atoms with Gasteiger partial charge in [0.25, 0.3) is 11.8 Å². The van der Waals surface area contributed by atoms with Crippen LogP contribution in [0.3, 0.4) is 0 Å². The molecule has 0 saturated carbocycles. The van der Waals surface area contributed by atoms with Crippen molar-refractivity contribution in [3.63, 3.8) is 0 Å². The summed E-state index contributed by atoms with van der Waals surface area (Å²) in [5, 5.41) is 7.68. The first-order valence-corrected chi connectivity index (χ1v) is 9.91. The van der Waals surface area contributed by atoms with Gasteiger partial charge in [0.1, 0.15) is 13.2 Å². The quantitative estimate of drug-likeness (QED) is 0.282. The fraction of sp³-hybridized carbons (Fsp3) is 0.111. The van der Waals surface area contributed by atoms with Gasteiger partial charge in [-0.3, -0.25) is 9.59 Å². The zero-order valence-corrected chi connectivity index (χ0v) is 18.4. The monoisotopic (exact) mass is 590 g/mol. The van der Waals surface area contributed by atoms with Gasteiger partial charge in [-0.1, -0.05) is 24.3 Å². The van der Waals surface area contributed by atoms with Crippen LogP contribution >= 0.6 is 45.2 Å². The van der Waals surface area contributed by atoms with Crippen LogP contribution in [0.5, 0.6) is 0 Å². The van der Waals surface area contributed by atoms with E-state index < -0.39 is 11.8 Å². The van der Waals surface area contributed by atoms with Crippen molar-refractivity contribution in [1.82, 2.24) is 10.9 Å². The molecule has 0 fully saturated rings. The Hall–Kier alpha value is -1.86. The van der Waals surface area contributed by atoms with E-state index in [0.29, 0.717) is 0 Å². The minimum absolute atomic E-state index is 0.280. The average Bonchev–Trinajstić information content (AvgIpc) is 2.62. The first-order valence-electron chi connectivity index (χ1n) is 7.75. The van der Waals surface area contributed by atoms with E-state index in [-0.39, 0.29) is 13.2 Å². The molecular formula is C18H16I2N4O3. The second kappa shape index (κ2) is 11.8. The van der Waals surface area contributed by atoms with Gasteiger partial charge in [0, 0.05) is 7.14 Å². The summed E-state index contributed by atoms with van der Waals surface area (Å²) in [5.41, 5.74) is 6.41. The molecule has 0 atom stereocenters. The predicted octanol–water partition coefficient (Wildman–Crippen LogP) is 2.51. The van der Waals surface area contributed by atoms with E-state index in [1.165, 1.54) is 12.4 Å². The fourth-order valence-corrected chi connectivity index (χ4v) is 2.97. The standard InChI is InChI=1S/C18H16I2N4O3/c19-15-5-1-3-13(7-15)9-21-23-17(25)11-27-12-18(26)24-22-10-14-4-2-6-16(20)8-14/h1-10H,11-12H2,(H,23,25)(H,24,26)/b21-9+,22-10+. The Morgan fingerprint density at radius 2 is 1.30 bits per heavy atom. The highest BCUT2D eigenvalue weighted by molar-refractivity contribution is 14.1. The van der Waals surface area contributed by atoms with Crippen molar-refractivity contribution < 1.29 is 14.3 Å². The summed E-state index contributed by atoms with van der Waals surface area (Å²) in [5.74, 6) is -0.904. The van der Waals surface area contributed by atoms with E-state index in [4.69, 9.17) is 4.74 Å². The molecule has 0 aromatic heterocycles. The number of halogens is 2. The molecule has 0 bridgehead atoms. The number of rotatable bonds is 8. The van der Waals surface area contributed by atoms with E-state index in [1.54, 1.807) is 0 Å². The van der Waals surface area contributed by atoms with Crippen LogP contribution < -0.4 is 10.9 Å². The molecule has 2 aromatic rings. The third-order valence-electron chi connectivity index (χ3n) is 2.97. The lowest BCUT2D eigenvalue weighted by Crippen LogP contribution is -2.28. The maximum absolute atomic E-state index is 11.6. The van der Waals surface area contributed by atoms with Crippen molar-refractivity contribution in [2.75, 3.05) is 13.2 Å². The third-order valence-corrected chi connectivity index (χ3v) is 4.31. The first-order chi connectivity index (χ1) is 13.0. The van der Waals surface area contributed by atoms with Gasteiger partial charge in [0.15, 0.2) is 0 Å². The average molecular weight is 590 g/mol. The predicted molar refractivity (Wildman–Crippen MR) is 121 cm³/mol. The minimum atomic E-state index is -0.452. The molecule has 0 spiro atoms. The molecule has 0 unspecified atom stereocenters. The number of nitrogens with zero attached hydrogens (tertiary/aromatic N) is 2. The second-order valence-electron chi connectivity index (χ2n) is 5.19. The number of nitrogens with one attached hydrogen (secondary N) is 2. The number of hydrogen-bond donors (Lipinski definition) is 2. The SMILES string of the molecule is O=C(COCC(=O)N/N=C/c1cccc(I)c1)N/N=C/c1cccc(I)c1. The Balaban J connectivity index is 1.63. The van der Waals surface area contributed by atoms with Crippen molar-refractivity contribution in [1.29, 1.82) is 0 Å². The molecule has 2 amide bonds. The van der Waals surface area contributed by atoms with Gasteiger partial charge in [-0.15, -0.1) is 0 Å². The number of hydrogen-bond acceptors (Lipinski definition) is 5. The van der Waals surface area contributed by atoms with Crippen molar-refractivity contribution >= 4 is 69.4 Å². The van der Waals surface area contributed by atoms with Gasteiger partial charge in [-0.2, -0.15) is 10.2 Å². The smallest absolute Gasteiger partial charge is 0.266 e. The molecule has 0 aliphatic rings. The topological polar surface area (TPSA) is 92.2 Å². The van der Waals surface area contributed by atoms with E-state index in [0.717, 1.165) is 18.3 Å². The Kier molecular flexibility index (Phi) is 9.35. The van der Waals surface area contributed by atoms with Crippen LogP contribution in [-0.2, 0) is 14.3 Å². The molecule has 0 heterocycles. The molecule has 0 aliphatic heterocycles. The normalized spacial score (nSPS) is 11.0. The van der Waals surface area contributed by atoms with Crippen molar-refractivity contribution in [2.24, 2.45) is 10.2 Å². The van der Waals surface area contributed by atoms with Crippen molar-refractivity contribution in [2.45, 2.75) is 0 Å². The molecule has 140 valence electrons. The second-order valence-corrected chi connectivity index (χ2v) is 7.68. The van der Waals surface area contributed by atoms with Gasteiger partial charge < -0.3 is 4.74 Å². The van der Waals surface area contributed by atoms with Crippen molar-refractivity contribution in [3.05, 3.63) is 66.8 Å². The van der Waals surface area contributed by atoms with Crippen LogP contribution in [0.15, 0.2) is 58.7 Å². The third kappa shape index (κ3) is 9.06.